The van der Waals surface area contributed by atoms with Gasteiger partial charge in [-0.2, -0.15) is 0 Å². The highest BCUT2D eigenvalue weighted by atomic mass is 16.5. The lowest BCUT2D eigenvalue weighted by Gasteiger charge is -2.07. The molecule has 0 aliphatic heterocycles. The third-order valence-corrected chi connectivity index (χ3v) is 3.22. The minimum atomic E-state index is -0.492. The first-order valence-corrected chi connectivity index (χ1v) is 6.46. The lowest BCUT2D eigenvalue weighted by molar-refractivity contribution is 0.171. The fraction of sp³-hybridized carbons (Fsp3) is 0.333. The number of fused-ring (bicyclic) bond motifs is 1. The van der Waals surface area contributed by atoms with Crippen molar-refractivity contribution in [2.75, 3.05) is 13.7 Å². The zero-order chi connectivity index (χ0) is 14.7. The van der Waals surface area contributed by atoms with Crippen LogP contribution in [0.5, 0.6) is 0 Å². The maximum Gasteiger partial charge on any atom is 0.406 e. The minimum Gasteiger partial charge on any atom is -0.453 e. The first kappa shape index (κ1) is 14.1. The fourth-order valence-corrected chi connectivity index (χ4v) is 2.29. The van der Waals surface area contributed by atoms with Gasteiger partial charge in [-0.1, -0.05) is 11.6 Å². The predicted molar refractivity (Wildman–Crippen MR) is 78.2 cm³/mol. The maximum absolute atomic E-state index is 12.0. The van der Waals surface area contributed by atoms with Crippen LogP contribution in [0.2, 0.25) is 0 Å². The number of hydrogen-bond donors (Lipinski definition) is 2. The molecule has 2 N–H and O–H groups in total. The molecule has 5 nitrogen and oxygen atoms in total. The first-order chi connectivity index (χ1) is 9.51. The molecule has 0 aliphatic rings. The molecule has 1 heterocycles. The summed E-state index contributed by atoms with van der Waals surface area (Å²) in [4.78, 5) is 25.9. The Labute approximate surface area is 117 Å². The van der Waals surface area contributed by atoms with E-state index in [1.807, 2.05) is 32.0 Å². The molecule has 0 unspecified atom stereocenters. The van der Waals surface area contributed by atoms with Crippen LogP contribution in [0.15, 0.2) is 23.0 Å². The third kappa shape index (κ3) is 2.99. The molecule has 0 spiro atoms. The Balaban J connectivity index is 2.28. The van der Waals surface area contributed by atoms with Gasteiger partial charge in [0.1, 0.15) is 0 Å². The molecule has 1 aromatic carbocycles. The SMILES string of the molecule is COC(=O)NCCc1cc2cc(C)cc(C)c2[nH]c1=O. The average Bonchev–Trinajstić information content (AvgIpc) is 2.40. The summed E-state index contributed by atoms with van der Waals surface area (Å²) in [6.07, 6.45) is -0.0261. The first-order valence-electron chi connectivity index (χ1n) is 6.46. The van der Waals surface area contributed by atoms with E-state index in [9.17, 15) is 9.59 Å². The average molecular weight is 274 g/mol. The van der Waals surface area contributed by atoms with Crippen LogP contribution < -0.4 is 10.9 Å². The van der Waals surface area contributed by atoms with Gasteiger partial charge in [-0.3, -0.25) is 4.79 Å². The van der Waals surface area contributed by atoms with Crippen LogP contribution in [0.4, 0.5) is 4.79 Å². The molecule has 0 saturated heterocycles. The van der Waals surface area contributed by atoms with Crippen molar-refractivity contribution in [3.63, 3.8) is 0 Å². The van der Waals surface area contributed by atoms with Crippen molar-refractivity contribution >= 4 is 17.0 Å². The molecule has 0 saturated carbocycles. The van der Waals surface area contributed by atoms with Gasteiger partial charge in [0.15, 0.2) is 0 Å². The number of benzene rings is 1. The van der Waals surface area contributed by atoms with Crippen molar-refractivity contribution < 1.29 is 9.53 Å². The van der Waals surface area contributed by atoms with E-state index in [0.717, 1.165) is 22.0 Å². The Morgan fingerprint density at radius 1 is 1.30 bits per heavy atom. The van der Waals surface area contributed by atoms with Crippen LogP contribution in [-0.4, -0.2) is 24.7 Å². The summed E-state index contributed by atoms with van der Waals surface area (Å²) < 4.78 is 4.48. The molecule has 0 fully saturated rings. The normalized spacial score (nSPS) is 10.6. The van der Waals surface area contributed by atoms with Gasteiger partial charge in [-0.05, 0) is 43.4 Å². The van der Waals surface area contributed by atoms with E-state index in [1.165, 1.54) is 7.11 Å². The molecule has 2 rings (SSSR count). The fourth-order valence-electron chi connectivity index (χ4n) is 2.29. The summed E-state index contributed by atoms with van der Waals surface area (Å²) in [5, 5.41) is 3.57. The summed E-state index contributed by atoms with van der Waals surface area (Å²) in [6, 6.07) is 5.96. The number of amides is 1. The minimum absolute atomic E-state index is 0.115. The van der Waals surface area contributed by atoms with Crippen molar-refractivity contribution in [2.45, 2.75) is 20.3 Å². The molecule has 5 heteroatoms. The second kappa shape index (κ2) is 5.77. The lowest BCUT2D eigenvalue weighted by atomic mass is 10.0. The zero-order valence-corrected chi connectivity index (χ0v) is 11.9. The van der Waals surface area contributed by atoms with Gasteiger partial charge in [-0.15, -0.1) is 0 Å². The van der Waals surface area contributed by atoms with Crippen LogP contribution in [0.25, 0.3) is 10.9 Å². The molecular weight excluding hydrogens is 256 g/mol. The van der Waals surface area contributed by atoms with Crippen molar-refractivity contribution in [1.29, 1.82) is 0 Å². The molecule has 106 valence electrons. The number of pyridine rings is 1. The summed E-state index contributed by atoms with van der Waals surface area (Å²) >= 11 is 0. The highest BCUT2D eigenvalue weighted by Gasteiger charge is 2.06. The van der Waals surface area contributed by atoms with Crippen molar-refractivity contribution in [2.24, 2.45) is 0 Å². The second-order valence-electron chi connectivity index (χ2n) is 4.84. The number of hydrogen-bond acceptors (Lipinski definition) is 3. The van der Waals surface area contributed by atoms with Crippen molar-refractivity contribution in [3.8, 4) is 0 Å². The number of nitrogens with one attached hydrogen (secondary N) is 2. The summed E-state index contributed by atoms with van der Waals surface area (Å²) in [5.74, 6) is 0. The Hall–Kier alpha value is -2.30. The number of alkyl carbamates (subject to hydrolysis) is 1. The number of rotatable bonds is 3. The van der Waals surface area contributed by atoms with Gasteiger partial charge in [0.25, 0.3) is 5.56 Å². The van der Waals surface area contributed by atoms with E-state index in [-0.39, 0.29) is 5.56 Å². The Morgan fingerprint density at radius 3 is 2.75 bits per heavy atom. The van der Waals surface area contributed by atoms with Gasteiger partial charge in [-0.25, -0.2) is 4.79 Å². The topological polar surface area (TPSA) is 71.2 Å². The van der Waals surface area contributed by atoms with Gasteiger partial charge < -0.3 is 15.0 Å². The van der Waals surface area contributed by atoms with Gasteiger partial charge in [0, 0.05) is 12.1 Å². The maximum atomic E-state index is 12.0. The number of aromatic amines is 1. The Bertz CT molecular complexity index is 704. The van der Waals surface area contributed by atoms with E-state index in [0.29, 0.717) is 18.5 Å². The number of methoxy groups -OCH3 is 1. The van der Waals surface area contributed by atoms with E-state index in [1.54, 1.807) is 0 Å². The van der Waals surface area contributed by atoms with Gasteiger partial charge in [0.05, 0.1) is 12.6 Å². The quantitative estimate of drug-likeness (QED) is 0.899. The van der Waals surface area contributed by atoms with Crippen LogP contribution in [0.3, 0.4) is 0 Å². The number of carbonyl (C=O) groups is 1. The van der Waals surface area contributed by atoms with E-state index >= 15 is 0 Å². The lowest BCUT2D eigenvalue weighted by Crippen LogP contribution is -2.27. The standard InChI is InChI=1S/C15H18N2O3/c1-9-6-10(2)13-12(7-9)8-11(14(18)17-13)4-5-16-15(19)20-3/h6-8H,4-5H2,1-3H3,(H,16,19)(H,17,18). The van der Waals surface area contributed by atoms with Crippen molar-refractivity contribution in [3.05, 3.63) is 45.2 Å². The predicted octanol–water partition coefficient (Wildman–Crippen LogP) is 2.04. The number of ether oxygens (including phenoxy) is 1. The summed E-state index contributed by atoms with van der Waals surface area (Å²) in [5.41, 5.74) is 3.61. The zero-order valence-electron chi connectivity index (χ0n) is 11.9. The molecule has 0 radical (unpaired) electrons. The number of aryl methyl sites for hydroxylation is 2. The Kier molecular flexibility index (Phi) is 4.08. The van der Waals surface area contributed by atoms with Crippen LogP contribution >= 0.6 is 0 Å². The monoisotopic (exact) mass is 274 g/mol. The second-order valence-corrected chi connectivity index (χ2v) is 4.84. The van der Waals surface area contributed by atoms with Crippen LogP contribution in [-0.2, 0) is 11.2 Å². The highest BCUT2D eigenvalue weighted by Crippen LogP contribution is 2.17. The third-order valence-electron chi connectivity index (χ3n) is 3.22. The molecule has 0 atom stereocenters. The Morgan fingerprint density at radius 2 is 2.05 bits per heavy atom. The molecule has 1 aromatic heterocycles. The smallest absolute Gasteiger partial charge is 0.406 e. The molecule has 20 heavy (non-hydrogen) atoms. The number of carbonyl (C=O) groups excluding carboxylic acids is 1. The van der Waals surface area contributed by atoms with Crippen molar-refractivity contribution in [1.82, 2.24) is 10.3 Å². The van der Waals surface area contributed by atoms with Crippen LogP contribution in [0.1, 0.15) is 16.7 Å². The van der Waals surface area contributed by atoms with E-state index in [4.69, 9.17) is 0 Å². The molecular formula is C15H18N2O3. The number of aromatic nitrogens is 1. The highest BCUT2D eigenvalue weighted by molar-refractivity contribution is 5.82. The largest absolute Gasteiger partial charge is 0.453 e. The molecule has 1 amide bonds. The summed E-state index contributed by atoms with van der Waals surface area (Å²) in [7, 11) is 1.31. The molecule has 2 aromatic rings. The number of H-pyrrole nitrogens is 1. The molecule has 0 aliphatic carbocycles. The molecule has 0 bridgehead atoms. The van der Waals surface area contributed by atoms with E-state index in [2.05, 4.69) is 15.0 Å². The van der Waals surface area contributed by atoms with Crippen LogP contribution in [0, 0.1) is 13.8 Å². The van der Waals surface area contributed by atoms with Gasteiger partial charge >= 0.3 is 6.09 Å². The summed E-state index contributed by atoms with van der Waals surface area (Å²) in [6.45, 7) is 4.37. The van der Waals surface area contributed by atoms with E-state index < -0.39 is 6.09 Å². The van der Waals surface area contributed by atoms with Gasteiger partial charge in [0.2, 0.25) is 0 Å².